The molecule has 26 heavy (non-hydrogen) atoms. The molecule has 134 valence electrons. The number of rotatable bonds is 4. The Labute approximate surface area is 143 Å². The van der Waals surface area contributed by atoms with E-state index in [4.69, 9.17) is 0 Å². The van der Waals surface area contributed by atoms with Crippen LogP contribution in [0.1, 0.15) is 15.9 Å². The molecule has 0 bridgehead atoms. The van der Waals surface area contributed by atoms with E-state index in [1.54, 1.807) is 24.3 Å². The van der Waals surface area contributed by atoms with Crippen LogP contribution < -0.4 is 0 Å². The predicted octanol–water partition coefficient (Wildman–Crippen LogP) is 4.40. The number of carbonyl (C=O) groups is 1. The van der Waals surface area contributed by atoms with Gasteiger partial charge in [0.05, 0.1) is 5.69 Å². The third-order valence-electron chi connectivity index (χ3n) is 3.67. The highest BCUT2D eigenvalue weighted by molar-refractivity contribution is 5.85. The van der Waals surface area contributed by atoms with Crippen molar-refractivity contribution in [2.75, 3.05) is 0 Å². The third-order valence-corrected chi connectivity index (χ3v) is 3.67. The van der Waals surface area contributed by atoms with Gasteiger partial charge in [-0.3, -0.25) is 4.79 Å². The summed E-state index contributed by atoms with van der Waals surface area (Å²) in [6, 6.07) is 10.1. The lowest BCUT2D eigenvalue weighted by Crippen LogP contribution is -2.33. The van der Waals surface area contributed by atoms with Gasteiger partial charge in [0, 0.05) is 16.7 Å². The van der Waals surface area contributed by atoms with Gasteiger partial charge < -0.3 is 0 Å². The fourth-order valence-electron chi connectivity index (χ4n) is 2.30. The van der Waals surface area contributed by atoms with Crippen LogP contribution in [-0.2, 0) is 5.92 Å². The van der Waals surface area contributed by atoms with Crippen LogP contribution in [0.5, 0.6) is 0 Å². The van der Waals surface area contributed by atoms with Gasteiger partial charge in [-0.2, -0.15) is 22.0 Å². The van der Waals surface area contributed by atoms with Crippen molar-refractivity contribution in [3.63, 3.8) is 0 Å². The van der Waals surface area contributed by atoms with Crippen molar-refractivity contribution in [2.24, 2.45) is 0 Å². The number of nitrogens with zero attached hydrogens (tertiary/aromatic N) is 3. The monoisotopic (exact) mass is 367 g/mol. The van der Waals surface area contributed by atoms with Crippen molar-refractivity contribution in [3.8, 4) is 17.1 Å². The number of carbonyl (C=O) groups excluding carboxylic acids is 1. The first-order valence-corrected chi connectivity index (χ1v) is 7.26. The highest BCUT2D eigenvalue weighted by atomic mass is 19.4. The Morgan fingerprint density at radius 1 is 0.923 bits per heavy atom. The zero-order valence-electron chi connectivity index (χ0n) is 12.9. The zero-order chi connectivity index (χ0) is 18.9. The molecule has 0 saturated heterocycles. The molecule has 9 heteroatoms. The number of hydrogen-bond acceptors (Lipinski definition) is 3. The van der Waals surface area contributed by atoms with Gasteiger partial charge in [-0.1, -0.05) is 36.4 Å². The normalized spacial score (nSPS) is 12.2. The van der Waals surface area contributed by atoms with E-state index in [1.165, 1.54) is 11.0 Å². The Morgan fingerprint density at radius 2 is 1.58 bits per heavy atom. The summed E-state index contributed by atoms with van der Waals surface area (Å²) in [7, 11) is 0. The first kappa shape index (κ1) is 17.7. The van der Waals surface area contributed by atoms with Gasteiger partial charge >= 0.3 is 12.1 Å². The van der Waals surface area contributed by atoms with Gasteiger partial charge in [-0.25, -0.2) is 9.67 Å². The Kier molecular flexibility index (Phi) is 4.31. The van der Waals surface area contributed by atoms with E-state index in [9.17, 15) is 26.7 Å². The second-order valence-corrected chi connectivity index (χ2v) is 5.34. The fraction of sp³-hybridized carbons (Fsp3) is 0.118. The van der Waals surface area contributed by atoms with Gasteiger partial charge in [0.15, 0.2) is 12.1 Å². The third kappa shape index (κ3) is 3.07. The van der Waals surface area contributed by atoms with Gasteiger partial charge in [0.25, 0.3) is 0 Å². The molecule has 0 aliphatic heterocycles. The van der Waals surface area contributed by atoms with Crippen molar-refractivity contribution in [1.82, 2.24) is 14.8 Å². The number of benzene rings is 2. The average Bonchev–Trinajstić information content (AvgIpc) is 3.10. The van der Waals surface area contributed by atoms with Crippen LogP contribution in [0.4, 0.5) is 22.0 Å². The average molecular weight is 367 g/mol. The first-order chi connectivity index (χ1) is 12.2. The molecule has 0 fully saturated rings. The van der Waals surface area contributed by atoms with Crippen LogP contribution >= 0.6 is 0 Å². The minimum absolute atomic E-state index is 0.220. The van der Waals surface area contributed by atoms with Crippen LogP contribution in [0.15, 0.2) is 54.9 Å². The maximum atomic E-state index is 13.3. The van der Waals surface area contributed by atoms with Crippen molar-refractivity contribution in [1.29, 1.82) is 0 Å². The molecule has 0 amide bonds. The molecule has 3 rings (SSSR count). The fourth-order valence-corrected chi connectivity index (χ4v) is 2.30. The smallest absolute Gasteiger partial charge is 0.298 e. The molecule has 0 N–H and O–H groups in total. The van der Waals surface area contributed by atoms with Gasteiger partial charge in [-0.15, -0.1) is 5.10 Å². The molecule has 0 spiro atoms. The number of aromatic nitrogens is 3. The number of aldehydes is 1. The summed E-state index contributed by atoms with van der Waals surface area (Å²) in [4.78, 5) is 15.1. The largest absolute Gasteiger partial charge is 0.458 e. The minimum Gasteiger partial charge on any atom is -0.298 e. The molecule has 1 aromatic heterocycles. The summed E-state index contributed by atoms with van der Waals surface area (Å²) in [6.07, 6.45) is -3.76. The summed E-state index contributed by atoms with van der Waals surface area (Å²) >= 11 is 0. The second kappa shape index (κ2) is 6.32. The predicted molar refractivity (Wildman–Crippen MR) is 82.1 cm³/mol. The SMILES string of the molecule is O=Cc1ccccc1-c1ncn(-c2ccc(C(F)(F)C(F)(F)F)cc2)n1. The van der Waals surface area contributed by atoms with Gasteiger partial charge in [0.2, 0.25) is 0 Å². The highest BCUT2D eigenvalue weighted by Crippen LogP contribution is 2.43. The molecule has 0 radical (unpaired) electrons. The standard InChI is InChI=1S/C17H10F5N3O/c18-16(19,17(20,21)22)12-5-7-13(8-6-12)25-10-23-15(24-25)14-4-2-1-3-11(14)9-26/h1-10H. The van der Waals surface area contributed by atoms with E-state index in [2.05, 4.69) is 10.1 Å². The van der Waals surface area contributed by atoms with E-state index in [0.29, 0.717) is 29.5 Å². The molecule has 0 atom stereocenters. The van der Waals surface area contributed by atoms with Crippen molar-refractivity contribution in [3.05, 3.63) is 66.0 Å². The van der Waals surface area contributed by atoms with Crippen LogP contribution in [0, 0.1) is 0 Å². The first-order valence-electron chi connectivity index (χ1n) is 7.26. The molecule has 0 saturated carbocycles. The molecule has 0 aliphatic carbocycles. The van der Waals surface area contributed by atoms with Crippen LogP contribution in [0.2, 0.25) is 0 Å². The van der Waals surface area contributed by atoms with Gasteiger partial charge in [0.1, 0.15) is 6.33 Å². The lowest BCUT2D eigenvalue weighted by atomic mass is 10.1. The Balaban J connectivity index is 1.92. The van der Waals surface area contributed by atoms with Crippen molar-refractivity contribution in [2.45, 2.75) is 12.1 Å². The molecule has 0 aliphatic rings. The lowest BCUT2D eigenvalue weighted by Gasteiger charge is -2.19. The van der Waals surface area contributed by atoms with E-state index in [0.717, 1.165) is 12.1 Å². The van der Waals surface area contributed by atoms with E-state index >= 15 is 0 Å². The molecular formula is C17H10F5N3O. The summed E-state index contributed by atoms with van der Waals surface area (Å²) in [6.45, 7) is 0. The maximum Gasteiger partial charge on any atom is 0.458 e. The second-order valence-electron chi connectivity index (χ2n) is 5.34. The van der Waals surface area contributed by atoms with Crippen molar-refractivity contribution >= 4 is 6.29 Å². The lowest BCUT2D eigenvalue weighted by molar-refractivity contribution is -0.289. The molecule has 1 heterocycles. The Bertz CT molecular complexity index is 932. The number of hydrogen-bond donors (Lipinski definition) is 0. The van der Waals surface area contributed by atoms with Crippen LogP contribution in [0.3, 0.4) is 0 Å². The van der Waals surface area contributed by atoms with Crippen LogP contribution in [-0.4, -0.2) is 27.2 Å². The van der Waals surface area contributed by atoms with E-state index in [1.807, 2.05) is 0 Å². The highest BCUT2D eigenvalue weighted by Gasteiger charge is 2.58. The summed E-state index contributed by atoms with van der Waals surface area (Å²) in [5, 5.41) is 4.14. The number of alkyl halides is 5. The van der Waals surface area contributed by atoms with Crippen LogP contribution in [0.25, 0.3) is 17.1 Å². The van der Waals surface area contributed by atoms with E-state index < -0.39 is 17.7 Å². The summed E-state index contributed by atoms with van der Waals surface area (Å²) in [5.74, 6) is -4.72. The molecule has 4 nitrogen and oxygen atoms in total. The van der Waals surface area contributed by atoms with Crippen molar-refractivity contribution < 1.29 is 26.7 Å². The topological polar surface area (TPSA) is 47.8 Å². The number of halogens is 5. The Hall–Kier alpha value is -3.10. The quantitative estimate of drug-likeness (QED) is 0.507. The zero-order valence-corrected chi connectivity index (χ0v) is 12.9. The summed E-state index contributed by atoms with van der Waals surface area (Å²) in [5.41, 5.74) is -0.0821. The van der Waals surface area contributed by atoms with E-state index in [-0.39, 0.29) is 11.5 Å². The van der Waals surface area contributed by atoms with Gasteiger partial charge in [-0.05, 0) is 12.1 Å². The Morgan fingerprint density at radius 3 is 2.19 bits per heavy atom. The molecule has 0 unspecified atom stereocenters. The summed E-state index contributed by atoms with van der Waals surface area (Å²) < 4.78 is 65.0. The molecule has 2 aromatic carbocycles. The maximum absolute atomic E-state index is 13.3. The molecule has 3 aromatic rings. The minimum atomic E-state index is -5.67. The molecular weight excluding hydrogens is 357 g/mol.